The predicted octanol–water partition coefficient (Wildman–Crippen LogP) is 0.857. The highest BCUT2D eigenvalue weighted by Crippen LogP contribution is 2.20. The summed E-state index contributed by atoms with van der Waals surface area (Å²) >= 11 is 0. The first kappa shape index (κ1) is 15.7. The highest BCUT2D eigenvalue weighted by Gasteiger charge is 2.23. The third-order valence-electron chi connectivity index (χ3n) is 3.99. The summed E-state index contributed by atoms with van der Waals surface area (Å²) < 4.78 is 5.81. The number of ether oxygens (including phenoxy) is 1. The van der Waals surface area contributed by atoms with Gasteiger partial charge in [0.25, 0.3) is 0 Å². The lowest BCUT2D eigenvalue weighted by Gasteiger charge is -2.35. The zero-order valence-corrected chi connectivity index (χ0v) is 13.3. The normalized spacial score (nSPS) is 18.5. The van der Waals surface area contributed by atoms with Crippen LogP contribution < -0.4 is 10.6 Å². The minimum Gasteiger partial charge on any atom is -0.373 e. The number of hydrogen-bond acceptors (Lipinski definition) is 5. The SMILES string of the molecule is CN(CC(N)=O)C[C@H]1CN(c2ccc3ccccc3n2)CCO1. The highest BCUT2D eigenvalue weighted by molar-refractivity contribution is 5.80. The second-order valence-corrected chi connectivity index (χ2v) is 5.96. The van der Waals surface area contributed by atoms with Gasteiger partial charge in [-0.3, -0.25) is 9.69 Å². The van der Waals surface area contributed by atoms with Crippen molar-refractivity contribution in [2.45, 2.75) is 6.10 Å². The summed E-state index contributed by atoms with van der Waals surface area (Å²) in [5, 5.41) is 1.14. The molecule has 0 unspecified atom stereocenters. The number of para-hydroxylation sites is 1. The number of carbonyl (C=O) groups excluding carboxylic acids is 1. The first-order chi connectivity index (χ1) is 11.1. The summed E-state index contributed by atoms with van der Waals surface area (Å²) in [5.41, 5.74) is 6.23. The average molecular weight is 314 g/mol. The molecule has 0 spiro atoms. The van der Waals surface area contributed by atoms with E-state index >= 15 is 0 Å². The predicted molar refractivity (Wildman–Crippen MR) is 90.4 cm³/mol. The Bertz CT molecular complexity index is 691. The molecule has 1 aromatic heterocycles. The maximum atomic E-state index is 11.0. The van der Waals surface area contributed by atoms with Crippen LogP contribution in [-0.4, -0.2) is 61.7 Å². The number of carbonyl (C=O) groups is 1. The molecule has 23 heavy (non-hydrogen) atoms. The van der Waals surface area contributed by atoms with Crippen LogP contribution in [0, 0.1) is 0 Å². The fourth-order valence-corrected chi connectivity index (χ4v) is 2.95. The van der Waals surface area contributed by atoms with Gasteiger partial charge in [0, 0.05) is 25.0 Å². The Hall–Kier alpha value is -2.18. The average Bonchev–Trinajstić information content (AvgIpc) is 2.54. The number of likely N-dealkylation sites (N-methyl/N-ethyl adjacent to an activating group) is 1. The third kappa shape index (κ3) is 3.97. The topological polar surface area (TPSA) is 71.7 Å². The van der Waals surface area contributed by atoms with Crippen LogP contribution in [0.3, 0.4) is 0 Å². The van der Waals surface area contributed by atoms with Crippen LogP contribution in [-0.2, 0) is 9.53 Å². The Balaban J connectivity index is 1.68. The highest BCUT2D eigenvalue weighted by atomic mass is 16.5. The summed E-state index contributed by atoms with van der Waals surface area (Å²) in [6.45, 7) is 3.15. The maximum Gasteiger partial charge on any atom is 0.231 e. The zero-order valence-electron chi connectivity index (χ0n) is 13.3. The van der Waals surface area contributed by atoms with Gasteiger partial charge >= 0.3 is 0 Å². The van der Waals surface area contributed by atoms with E-state index in [9.17, 15) is 4.79 Å². The fraction of sp³-hybridized carbons (Fsp3) is 0.412. The van der Waals surface area contributed by atoms with Crippen molar-refractivity contribution in [2.75, 3.05) is 44.7 Å². The molecule has 0 saturated carbocycles. The molecular formula is C17H22N4O2. The minimum atomic E-state index is -0.323. The zero-order chi connectivity index (χ0) is 16.2. The Labute approximate surface area is 135 Å². The van der Waals surface area contributed by atoms with Gasteiger partial charge in [-0.25, -0.2) is 4.98 Å². The van der Waals surface area contributed by atoms with Crippen LogP contribution in [0.15, 0.2) is 36.4 Å². The molecule has 2 N–H and O–H groups in total. The van der Waals surface area contributed by atoms with E-state index < -0.39 is 0 Å². The molecule has 2 aromatic rings. The quantitative estimate of drug-likeness (QED) is 0.886. The van der Waals surface area contributed by atoms with Crippen molar-refractivity contribution in [3.63, 3.8) is 0 Å². The molecule has 1 amide bonds. The van der Waals surface area contributed by atoms with Gasteiger partial charge in [-0.2, -0.15) is 0 Å². The Kier molecular flexibility index (Phi) is 4.73. The van der Waals surface area contributed by atoms with Gasteiger partial charge < -0.3 is 15.4 Å². The number of pyridine rings is 1. The van der Waals surface area contributed by atoms with Crippen molar-refractivity contribution >= 4 is 22.6 Å². The molecule has 0 radical (unpaired) electrons. The number of aromatic nitrogens is 1. The van der Waals surface area contributed by atoms with Crippen LogP contribution in [0.4, 0.5) is 5.82 Å². The molecule has 1 aliphatic heterocycles. The van der Waals surface area contributed by atoms with Gasteiger partial charge in [0.2, 0.25) is 5.91 Å². The van der Waals surface area contributed by atoms with Crippen LogP contribution in [0.1, 0.15) is 0 Å². The lowest BCUT2D eigenvalue weighted by Crippen LogP contribution is -2.48. The van der Waals surface area contributed by atoms with Crippen LogP contribution >= 0.6 is 0 Å². The van der Waals surface area contributed by atoms with Crippen molar-refractivity contribution < 1.29 is 9.53 Å². The van der Waals surface area contributed by atoms with Gasteiger partial charge in [0.1, 0.15) is 5.82 Å². The second-order valence-electron chi connectivity index (χ2n) is 5.96. The van der Waals surface area contributed by atoms with Crippen molar-refractivity contribution in [1.29, 1.82) is 0 Å². The molecule has 6 heteroatoms. The van der Waals surface area contributed by atoms with E-state index in [0.29, 0.717) is 13.2 Å². The molecule has 122 valence electrons. The number of primary amides is 1. The van der Waals surface area contributed by atoms with Crippen molar-refractivity contribution in [2.24, 2.45) is 5.73 Å². The van der Waals surface area contributed by atoms with E-state index in [2.05, 4.69) is 23.1 Å². The molecule has 1 aliphatic rings. The molecule has 0 aliphatic carbocycles. The van der Waals surface area contributed by atoms with Gasteiger partial charge in [0.15, 0.2) is 0 Å². The van der Waals surface area contributed by atoms with Crippen LogP contribution in [0.5, 0.6) is 0 Å². The molecule has 0 bridgehead atoms. The number of hydrogen-bond donors (Lipinski definition) is 1. The van der Waals surface area contributed by atoms with Gasteiger partial charge in [0.05, 0.1) is 24.8 Å². The van der Waals surface area contributed by atoms with Crippen molar-refractivity contribution in [3.8, 4) is 0 Å². The number of anilines is 1. The first-order valence-corrected chi connectivity index (χ1v) is 7.81. The second kappa shape index (κ2) is 6.93. The summed E-state index contributed by atoms with van der Waals surface area (Å²) in [6.07, 6.45) is 0.0429. The lowest BCUT2D eigenvalue weighted by molar-refractivity contribution is -0.119. The molecule has 1 aromatic carbocycles. The van der Waals surface area contributed by atoms with Crippen LogP contribution in [0.2, 0.25) is 0 Å². The number of rotatable bonds is 5. The fourth-order valence-electron chi connectivity index (χ4n) is 2.95. The Morgan fingerprint density at radius 1 is 1.39 bits per heavy atom. The number of amides is 1. The molecule has 1 atom stereocenters. The van der Waals surface area contributed by atoms with E-state index in [0.717, 1.165) is 29.8 Å². The number of benzene rings is 1. The molecular weight excluding hydrogens is 292 g/mol. The summed E-state index contributed by atoms with van der Waals surface area (Å²) in [4.78, 5) is 19.9. The standard InChI is InChI=1S/C17H22N4O2/c1-20(12-16(18)22)10-14-11-21(8-9-23-14)17-7-6-13-4-2-3-5-15(13)19-17/h2-7,14H,8-12H2,1H3,(H2,18,22)/t14-/m0/s1. The van der Waals surface area contributed by atoms with Crippen molar-refractivity contribution in [3.05, 3.63) is 36.4 Å². The monoisotopic (exact) mass is 314 g/mol. The van der Waals surface area contributed by atoms with E-state index in [1.807, 2.05) is 30.1 Å². The largest absolute Gasteiger partial charge is 0.373 e. The Morgan fingerprint density at radius 3 is 3.04 bits per heavy atom. The van der Waals surface area contributed by atoms with E-state index in [1.165, 1.54) is 0 Å². The first-order valence-electron chi connectivity index (χ1n) is 7.81. The number of nitrogens with two attached hydrogens (primary N) is 1. The lowest BCUT2D eigenvalue weighted by atomic mass is 10.2. The van der Waals surface area contributed by atoms with E-state index in [-0.39, 0.29) is 18.6 Å². The summed E-state index contributed by atoms with van der Waals surface area (Å²) in [7, 11) is 1.88. The summed E-state index contributed by atoms with van der Waals surface area (Å²) in [5.74, 6) is 0.644. The Morgan fingerprint density at radius 2 is 2.22 bits per heavy atom. The van der Waals surface area contributed by atoms with Gasteiger partial charge in [-0.05, 0) is 25.2 Å². The summed E-state index contributed by atoms with van der Waals surface area (Å²) in [6, 6.07) is 12.3. The molecule has 1 fully saturated rings. The number of morpholine rings is 1. The smallest absolute Gasteiger partial charge is 0.231 e. The minimum absolute atomic E-state index is 0.0429. The molecule has 2 heterocycles. The van der Waals surface area contributed by atoms with Crippen molar-refractivity contribution in [1.82, 2.24) is 9.88 Å². The molecule has 1 saturated heterocycles. The molecule has 3 rings (SSSR count). The third-order valence-corrected chi connectivity index (χ3v) is 3.99. The number of nitrogens with zero attached hydrogens (tertiary/aromatic N) is 3. The van der Waals surface area contributed by atoms with Gasteiger partial charge in [-0.1, -0.05) is 18.2 Å². The maximum absolute atomic E-state index is 11.0. The van der Waals surface area contributed by atoms with Crippen LogP contribution in [0.25, 0.3) is 10.9 Å². The molecule has 6 nitrogen and oxygen atoms in total. The van der Waals surface area contributed by atoms with E-state index in [1.54, 1.807) is 0 Å². The van der Waals surface area contributed by atoms with E-state index in [4.69, 9.17) is 15.5 Å². The number of fused-ring (bicyclic) bond motifs is 1. The van der Waals surface area contributed by atoms with Gasteiger partial charge in [-0.15, -0.1) is 0 Å².